The minimum Gasteiger partial charge on any atom is -0.176 e. The molecule has 0 fully saturated rings. The van der Waals surface area contributed by atoms with Gasteiger partial charge >= 0.3 is 0 Å². The van der Waals surface area contributed by atoms with Gasteiger partial charge < -0.3 is 0 Å². The molecule has 3 heteroatoms. The Bertz CT molecular complexity index is 93.7. The van der Waals surface area contributed by atoms with Crippen LogP contribution in [0.4, 0.5) is 0 Å². The third-order valence-corrected chi connectivity index (χ3v) is 13.5. The van der Waals surface area contributed by atoms with Gasteiger partial charge in [0.25, 0.3) is 0 Å². The van der Waals surface area contributed by atoms with E-state index in [4.69, 9.17) is 11.1 Å². The summed E-state index contributed by atoms with van der Waals surface area (Å²) in [6, 6.07) is 0. The normalized spacial score (nSPS) is 15.3. The topological polar surface area (TPSA) is 0 Å². The molecule has 0 aliphatic rings. The number of rotatable bonds is 2. The molecule has 0 atom stereocenters. The van der Waals surface area contributed by atoms with E-state index in [-0.39, 0.29) is 8.83 Å². The van der Waals surface area contributed by atoms with Crippen LogP contribution < -0.4 is 0 Å². The van der Waals surface area contributed by atoms with E-state index in [9.17, 15) is 0 Å². The number of halogens is 1. The highest BCUT2D eigenvalue weighted by Gasteiger charge is 2.33. The smallest absolute Gasteiger partial charge is 0.128 e. The lowest BCUT2D eigenvalue weighted by Gasteiger charge is -2.34. The molecule has 0 saturated carbocycles. The summed E-state index contributed by atoms with van der Waals surface area (Å²) >= 11 is 5.95. The van der Waals surface area contributed by atoms with E-state index in [1.165, 1.54) is 0 Å². The van der Waals surface area contributed by atoms with Crippen LogP contribution in [0.1, 0.15) is 13.8 Å². The lowest BCUT2D eigenvalue weighted by molar-refractivity contribution is 0.909. The predicted molar refractivity (Wildman–Crippen MR) is 51.8 cm³/mol. The van der Waals surface area contributed by atoms with Crippen molar-refractivity contribution in [2.75, 3.05) is 0 Å². The first-order chi connectivity index (χ1) is 3.81. The molecule has 0 amide bonds. The molecule has 0 aromatic carbocycles. The molecule has 9 heavy (non-hydrogen) atoms. The fourth-order valence-electron chi connectivity index (χ4n) is 0.200. The van der Waals surface area contributed by atoms with Gasteiger partial charge in [0, 0.05) is 8.07 Å². The van der Waals surface area contributed by atoms with E-state index in [2.05, 4.69) is 33.5 Å². The molecule has 0 aliphatic heterocycles. The Morgan fingerprint density at radius 3 is 1.56 bits per heavy atom. The molecule has 0 unspecified atom stereocenters. The molecular formula is C6H17ClSi2. The first-order valence-corrected chi connectivity index (χ1v) is 9.72. The lowest BCUT2D eigenvalue weighted by atomic mass is 10.5. The summed E-state index contributed by atoms with van der Waals surface area (Å²) in [5.74, 6) is 0. The fraction of sp³-hybridized carbons (Fsp3) is 1.00. The molecule has 0 saturated heterocycles. The third kappa shape index (κ3) is 2.44. The summed E-state index contributed by atoms with van der Waals surface area (Å²) in [6.07, 6.45) is 0. The average Bonchev–Trinajstić information content (AvgIpc) is 1.64. The maximum absolute atomic E-state index is 5.95. The van der Waals surface area contributed by atoms with Crippen LogP contribution in [-0.2, 0) is 0 Å². The highest BCUT2D eigenvalue weighted by atomic mass is 35.6. The maximum atomic E-state index is 5.95. The molecule has 0 aromatic heterocycles. The lowest BCUT2D eigenvalue weighted by Crippen LogP contribution is -2.37. The van der Waals surface area contributed by atoms with E-state index in [0.29, 0.717) is 4.66 Å². The molecule has 0 aliphatic carbocycles. The fourth-order valence-corrected chi connectivity index (χ4v) is 5.41. The van der Waals surface area contributed by atoms with E-state index in [1.807, 2.05) is 0 Å². The standard InChI is InChI=1S/C6H17ClSi2/c1-6(2,8-7)9(3,4)5/h8H2,1-5H3. The van der Waals surface area contributed by atoms with Crippen molar-refractivity contribution in [2.24, 2.45) is 0 Å². The van der Waals surface area contributed by atoms with E-state index in [1.54, 1.807) is 0 Å². The monoisotopic (exact) mass is 180 g/mol. The molecule has 0 spiro atoms. The first-order valence-electron chi connectivity index (χ1n) is 3.37. The molecular weight excluding hydrogens is 164 g/mol. The predicted octanol–water partition coefficient (Wildman–Crippen LogP) is 2.38. The quantitative estimate of drug-likeness (QED) is 0.453. The van der Waals surface area contributed by atoms with Crippen molar-refractivity contribution in [1.82, 2.24) is 0 Å². The van der Waals surface area contributed by atoms with Gasteiger partial charge in [-0.2, -0.15) is 11.1 Å². The van der Waals surface area contributed by atoms with Crippen LogP contribution in [0, 0.1) is 0 Å². The highest BCUT2D eigenvalue weighted by Crippen LogP contribution is 2.35. The van der Waals surface area contributed by atoms with Crippen molar-refractivity contribution < 1.29 is 0 Å². The molecule has 0 N–H and O–H groups in total. The van der Waals surface area contributed by atoms with Crippen LogP contribution >= 0.6 is 11.1 Å². The summed E-state index contributed by atoms with van der Waals surface area (Å²) in [6.45, 7) is 11.8. The molecule has 0 heterocycles. The third-order valence-electron chi connectivity index (χ3n) is 2.36. The van der Waals surface area contributed by atoms with Gasteiger partial charge in [0.15, 0.2) is 0 Å². The van der Waals surface area contributed by atoms with Crippen LogP contribution in [0.15, 0.2) is 0 Å². The summed E-state index contributed by atoms with van der Waals surface area (Å²) in [7, 11) is -1.28. The summed E-state index contributed by atoms with van der Waals surface area (Å²) in [5, 5.41) is 0. The van der Waals surface area contributed by atoms with E-state index >= 15 is 0 Å². The Kier molecular flexibility index (Phi) is 2.99. The molecule has 0 aromatic rings. The molecule has 0 bridgehead atoms. The van der Waals surface area contributed by atoms with Crippen molar-refractivity contribution in [2.45, 2.75) is 38.2 Å². The average molecular weight is 181 g/mol. The van der Waals surface area contributed by atoms with Gasteiger partial charge in [-0.05, 0) is 4.66 Å². The van der Waals surface area contributed by atoms with Crippen LogP contribution in [-0.4, -0.2) is 16.9 Å². The van der Waals surface area contributed by atoms with Crippen molar-refractivity contribution in [3.05, 3.63) is 0 Å². The molecule has 0 rings (SSSR count). The summed E-state index contributed by atoms with van der Waals surface area (Å²) < 4.78 is 0.522. The maximum Gasteiger partial charge on any atom is 0.128 e. The number of hydrogen-bond acceptors (Lipinski definition) is 0. The Labute approximate surface area is 66.5 Å². The minimum atomic E-state index is -0.955. The molecule has 0 nitrogen and oxygen atoms in total. The molecule has 56 valence electrons. The first kappa shape index (κ1) is 9.72. The van der Waals surface area contributed by atoms with Crippen molar-refractivity contribution >= 4 is 28.0 Å². The second-order valence-corrected chi connectivity index (χ2v) is 13.7. The highest BCUT2D eigenvalue weighted by molar-refractivity contribution is 7.04. The van der Waals surface area contributed by atoms with Crippen molar-refractivity contribution in [3.63, 3.8) is 0 Å². The second-order valence-electron chi connectivity index (χ2n) is 4.27. The number of hydrogen-bond donors (Lipinski definition) is 0. The zero-order valence-corrected chi connectivity index (χ0v) is 10.3. The Hall–Kier alpha value is 0.724. The second kappa shape index (κ2) is 2.76. The minimum absolute atomic E-state index is 0.328. The zero-order chi connectivity index (χ0) is 7.71. The van der Waals surface area contributed by atoms with Gasteiger partial charge in [0.2, 0.25) is 0 Å². The van der Waals surface area contributed by atoms with Crippen LogP contribution in [0.3, 0.4) is 0 Å². The van der Waals surface area contributed by atoms with Gasteiger partial charge in [0.1, 0.15) is 8.83 Å². The SMILES string of the molecule is CC(C)([SiH2]Cl)[Si](C)(C)C. The Morgan fingerprint density at radius 1 is 1.22 bits per heavy atom. The van der Waals surface area contributed by atoms with Crippen molar-refractivity contribution in [1.29, 1.82) is 0 Å². The Balaban J connectivity index is 4.14. The summed E-state index contributed by atoms with van der Waals surface area (Å²) in [4.78, 5) is 0. The summed E-state index contributed by atoms with van der Waals surface area (Å²) in [5.41, 5.74) is 0. The van der Waals surface area contributed by atoms with Gasteiger partial charge in [-0.1, -0.05) is 33.5 Å². The van der Waals surface area contributed by atoms with Crippen molar-refractivity contribution in [3.8, 4) is 0 Å². The Morgan fingerprint density at radius 2 is 1.56 bits per heavy atom. The zero-order valence-electron chi connectivity index (χ0n) is 7.09. The molecule has 0 radical (unpaired) electrons. The van der Waals surface area contributed by atoms with E-state index < -0.39 is 8.07 Å². The van der Waals surface area contributed by atoms with Gasteiger partial charge in [-0.25, -0.2) is 0 Å². The van der Waals surface area contributed by atoms with Gasteiger partial charge in [-0.3, -0.25) is 0 Å². The van der Waals surface area contributed by atoms with Gasteiger partial charge in [-0.15, -0.1) is 0 Å². The largest absolute Gasteiger partial charge is 0.176 e. The van der Waals surface area contributed by atoms with Crippen LogP contribution in [0.5, 0.6) is 0 Å². The van der Waals surface area contributed by atoms with Gasteiger partial charge in [0.05, 0.1) is 0 Å². The van der Waals surface area contributed by atoms with Crippen LogP contribution in [0.25, 0.3) is 0 Å². The van der Waals surface area contributed by atoms with E-state index in [0.717, 1.165) is 0 Å². The van der Waals surface area contributed by atoms with Crippen LogP contribution in [0.2, 0.25) is 24.3 Å².